The zero-order chi connectivity index (χ0) is 13.0. The lowest BCUT2D eigenvalue weighted by atomic mass is 10.2. The highest BCUT2D eigenvalue weighted by atomic mass is 19.1. The molecule has 0 heterocycles. The van der Waals surface area contributed by atoms with Gasteiger partial charge in [-0.2, -0.15) is 0 Å². The molecule has 0 saturated heterocycles. The number of urea groups is 1. The third-order valence-electron chi connectivity index (χ3n) is 2.23. The van der Waals surface area contributed by atoms with Gasteiger partial charge >= 0.3 is 12.0 Å². The lowest BCUT2D eigenvalue weighted by Gasteiger charge is -2.12. The van der Waals surface area contributed by atoms with Crippen LogP contribution in [0.2, 0.25) is 0 Å². The Morgan fingerprint density at radius 1 is 1.41 bits per heavy atom. The van der Waals surface area contributed by atoms with E-state index in [0.717, 1.165) is 0 Å². The van der Waals surface area contributed by atoms with Gasteiger partial charge in [-0.15, -0.1) is 0 Å². The summed E-state index contributed by atoms with van der Waals surface area (Å²) in [4.78, 5) is 21.9. The van der Waals surface area contributed by atoms with E-state index in [-0.39, 0.29) is 0 Å². The average Bonchev–Trinajstić information content (AvgIpc) is 2.24. The minimum Gasteiger partial charge on any atom is -0.480 e. The normalized spacial score (nSPS) is 11.7. The van der Waals surface area contributed by atoms with Crippen LogP contribution in [0, 0.1) is 12.7 Å². The Morgan fingerprint density at radius 2 is 2.06 bits per heavy atom. The molecule has 5 nitrogen and oxygen atoms in total. The molecule has 0 aliphatic carbocycles. The van der Waals surface area contributed by atoms with E-state index in [0.29, 0.717) is 11.3 Å². The van der Waals surface area contributed by atoms with E-state index in [1.165, 1.54) is 32.0 Å². The van der Waals surface area contributed by atoms with Gasteiger partial charge in [0.15, 0.2) is 0 Å². The van der Waals surface area contributed by atoms with Crippen molar-refractivity contribution in [3.05, 3.63) is 29.6 Å². The van der Waals surface area contributed by atoms with Gasteiger partial charge in [0.05, 0.1) is 0 Å². The zero-order valence-corrected chi connectivity index (χ0v) is 9.45. The van der Waals surface area contributed by atoms with E-state index in [2.05, 4.69) is 10.6 Å². The van der Waals surface area contributed by atoms with Gasteiger partial charge < -0.3 is 15.7 Å². The number of carbonyl (C=O) groups excluding carboxylic acids is 1. The van der Waals surface area contributed by atoms with E-state index < -0.39 is 23.9 Å². The van der Waals surface area contributed by atoms with Gasteiger partial charge in [-0.05, 0) is 26.0 Å². The number of benzene rings is 1. The monoisotopic (exact) mass is 240 g/mol. The molecule has 3 N–H and O–H groups in total. The summed E-state index contributed by atoms with van der Waals surface area (Å²) in [7, 11) is 0. The van der Waals surface area contributed by atoms with E-state index in [9.17, 15) is 14.0 Å². The first kappa shape index (κ1) is 13.0. The molecule has 0 unspecified atom stereocenters. The van der Waals surface area contributed by atoms with Crippen LogP contribution >= 0.6 is 0 Å². The lowest BCUT2D eigenvalue weighted by Crippen LogP contribution is -2.41. The first-order chi connectivity index (χ1) is 7.91. The van der Waals surface area contributed by atoms with E-state index >= 15 is 0 Å². The predicted octanol–water partition coefficient (Wildman–Crippen LogP) is 1.73. The molecule has 1 atom stereocenters. The highest BCUT2D eigenvalue weighted by Gasteiger charge is 2.14. The van der Waals surface area contributed by atoms with Crippen molar-refractivity contribution < 1.29 is 19.1 Å². The highest BCUT2D eigenvalue weighted by Crippen LogP contribution is 2.16. The van der Waals surface area contributed by atoms with Crippen molar-refractivity contribution >= 4 is 17.7 Å². The van der Waals surface area contributed by atoms with Gasteiger partial charge in [0.1, 0.15) is 11.9 Å². The minimum absolute atomic E-state index is 0.297. The molecule has 0 aromatic heterocycles. The Kier molecular flexibility index (Phi) is 4.03. The average molecular weight is 240 g/mol. The van der Waals surface area contributed by atoms with Gasteiger partial charge in [0.2, 0.25) is 0 Å². The quantitative estimate of drug-likeness (QED) is 0.752. The molecule has 0 bridgehead atoms. The molecule has 0 spiro atoms. The molecule has 1 rings (SSSR count). The molecule has 92 valence electrons. The Hall–Kier alpha value is -2.11. The molecule has 0 saturated carbocycles. The Bertz CT molecular complexity index is 448. The third kappa shape index (κ3) is 3.44. The third-order valence-corrected chi connectivity index (χ3v) is 2.23. The molecule has 0 aliphatic heterocycles. The first-order valence-corrected chi connectivity index (χ1v) is 4.97. The zero-order valence-electron chi connectivity index (χ0n) is 9.45. The summed E-state index contributed by atoms with van der Waals surface area (Å²) >= 11 is 0. The van der Waals surface area contributed by atoms with Crippen LogP contribution in [0.1, 0.15) is 12.5 Å². The maximum atomic E-state index is 13.2. The van der Waals surface area contributed by atoms with Crippen LogP contribution in [0.3, 0.4) is 0 Å². The number of aliphatic carboxylic acids is 1. The fourth-order valence-corrected chi connectivity index (χ4v) is 1.16. The fourth-order valence-electron chi connectivity index (χ4n) is 1.16. The van der Waals surface area contributed by atoms with Crippen LogP contribution in [0.25, 0.3) is 0 Å². The Balaban J connectivity index is 2.69. The van der Waals surface area contributed by atoms with Gasteiger partial charge in [-0.25, -0.2) is 9.18 Å². The smallest absolute Gasteiger partial charge is 0.325 e. The highest BCUT2D eigenvalue weighted by molar-refractivity contribution is 5.92. The fraction of sp³-hybridized carbons (Fsp3) is 0.273. The molecule has 0 aliphatic rings. The number of rotatable bonds is 3. The molecular formula is C11H13FN2O3. The summed E-state index contributed by atoms with van der Waals surface area (Å²) in [5, 5.41) is 13.2. The first-order valence-electron chi connectivity index (χ1n) is 4.97. The number of amides is 2. The second kappa shape index (κ2) is 5.29. The number of nitrogens with one attached hydrogen (secondary N) is 2. The minimum atomic E-state index is -1.14. The SMILES string of the molecule is Cc1c(F)cccc1NC(=O)N[C@H](C)C(=O)O. The number of hydrogen-bond donors (Lipinski definition) is 3. The van der Waals surface area contributed by atoms with Crippen molar-refractivity contribution in [1.82, 2.24) is 5.32 Å². The number of hydrogen-bond acceptors (Lipinski definition) is 2. The summed E-state index contributed by atoms with van der Waals surface area (Å²) in [6, 6.07) is 2.57. The van der Waals surface area contributed by atoms with Crippen LogP contribution in [0.4, 0.5) is 14.9 Å². The lowest BCUT2D eigenvalue weighted by molar-refractivity contribution is -0.138. The topological polar surface area (TPSA) is 78.4 Å². The predicted molar refractivity (Wildman–Crippen MR) is 60.4 cm³/mol. The van der Waals surface area contributed by atoms with Crippen LogP contribution < -0.4 is 10.6 Å². The summed E-state index contributed by atoms with van der Waals surface area (Å²) in [6.07, 6.45) is 0. The van der Waals surface area contributed by atoms with E-state index in [1.807, 2.05) is 0 Å². The summed E-state index contributed by atoms with van der Waals surface area (Å²) < 4.78 is 13.2. The molecule has 17 heavy (non-hydrogen) atoms. The number of anilines is 1. The molecule has 1 aromatic carbocycles. The van der Waals surface area contributed by atoms with Gasteiger partial charge in [0, 0.05) is 11.3 Å². The maximum Gasteiger partial charge on any atom is 0.325 e. The maximum absolute atomic E-state index is 13.2. The van der Waals surface area contributed by atoms with E-state index in [4.69, 9.17) is 5.11 Å². The number of halogens is 1. The largest absolute Gasteiger partial charge is 0.480 e. The molecule has 0 fully saturated rings. The van der Waals surface area contributed by atoms with Crippen molar-refractivity contribution in [3.63, 3.8) is 0 Å². The number of carboxylic acid groups (broad SMARTS) is 1. The molecule has 1 aromatic rings. The molecular weight excluding hydrogens is 227 g/mol. The second-order valence-corrected chi connectivity index (χ2v) is 3.57. The van der Waals surface area contributed by atoms with Gasteiger partial charge in [-0.3, -0.25) is 4.79 Å². The van der Waals surface area contributed by atoms with Gasteiger partial charge in [-0.1, -0.05) is 6.07 Å². The Labute approximate surface area is 97.6 Å². The number of carbonyl (C=O) groups is 2. The van der Waals surface area contributed by atoms with Crippen LogP contribution in [-0.2, 0) is 4.79 Å². The number of carboxylic acids is 1. The van der Waals surface area contributed by atoms with Crippen molar-refractivity contribution in [3.8, 4) is 0 Å². The van der Waals surface area contributed by atoms with Crippen LogP contribution in [0.15, 0.2) is 18.2 Å². The van der Waals surface area contributed by atoms with Gasteiger partial charge in [0.25, 0.3) is 0 Å². The standard InChI is InChI=1S/C11H13FN2O3/c1-6-8(12)4-3-5-9(6)14-11(17)13-7(2)10(15)16/h3-5,7H,1-2H3,(H,15,16)(H2,13,14,17)/t7-/m1/s1. The van der Waals surface area contributed by atoms with Crippen LogP contribution in [0.5, 0.6) is 0 Å². The Morgan fingerprint density at radius 3 is 2.65 bits per heavy atom. The molecule has 0 radical (unpaired) electrons. The summed E-state index contributed by atoms with van der Waals surface area (Å²) in [5.74, 6) is -1.58. The molecule has 2 amide bonds. The van der Waals surface area contributed by atoms with Crippen molar-refractivity contribution in [2.24, 2.45) is 0 Å². The van der Waals surface area contributed by atoms with Crippen molar-refractivity contribution in [2.75, 3.05) is 5.32 Å². The summed E-state index contributed by atoms with van der Waals surface area (Å²) in [6.45, 7) is 2.85. The summed E-state index contributed by atoms with van der Waals surface area (Å²) in [5.41, 5.74) is 0.603. The van der Waals surface area contributed by atoms with Crippen molar-refractivity contribution in [2.45, 2.75) is 19.9 Å². The van der Waals surface area contributed by atoms with E-state index in [1.54, 1.807) is 0 Å². The van der Waals surface area contributed by atoms with Crippen molar-refractivity contribution in [1.29, 1.82) is 0 Å². The van der Waals surface area contributed by atoms with Crippen LogP contribution in [-0.4, -0.2) is 23.1 Å². The second-order valence-electron chi connectivity index (χ2n) is 3.57. The molecule has 6 heteroatoms.